The van der Waals surface area contributed by atoms with Crippen molar-refractivity contribution in [3.05, 3.63) is 26.6 Å². The summed E-state index contributed by atoms with van der Waals surface area (Å²) in [5.74, 6) is -0.159. The van der Waals surface area contributed by atoms with Gasteiger partial charge in [0.25, 0.3) is 0 Å². The Bertz CT molecular complexity index is 656. The van der Waals surface area contributed by atoms with Gasteiger partial charge in [-0.25, -0.2) is 0 Å². The Labute approximate surface area is 124 Å². The fraction of sp³-hybridized carbons (Fsp3) is 0.333. The molecule has 1 aromatic heterocycles. The number of benzene rings is 1. The average molecular weight is 347 g/mol. The van der Waals surface area contributed by atoms with Gasteiger partial charge in [0, 0.05) is 22.9 Å². The average Bonchev–Trinajstić information content (AvgIpc) is 2.65. The molecule has 1 aromatic carbocycles. The van der Waals surface area contributed by atoms with Crippen LogP contribution < -0.4 is 0 Å². The number of nitroso groups, excluding NO2 is 1. The highest BCUT2D eigenvalue weighted by Crippen LogP contribution is 2.41. The summed E-state index contributed by atoms with van der Waals surface area (Å²) in [5.41, 5.74) is 3.26. The van der Waals surface area contributed by atoms with Crippen LogP contribution in [-0.4, -0.2) is 28.6 Å². The Morgan fingerprint density at radius 1 is 1.47 bits per heavy atom. The van der Waals surface area contributed by atoms with Crippen molar-refractivity contribution in [1.29, 1.82) is 0 Å². The van der Waals surface area contributed by atoms with Crippen LogP contribution >= 0.6 is 28.3 Å². The molecule has 0 aliphatic carbocycles. The summed E-state index contributed by atoms with van der Waals surface area (Å²) in [4.78, 5) is 15.9. The van der Waals surface area contributed by atoms with Crippen molar-refractivity contribution >= 4 is 44.9 Å². The Hall–Kier alpha value is -1.11. The Kier molecular flexibility index (Phi) is 3.85. The van der Waals surface area contributed by atoms with E-state index in [1.54, 1.807) is 0 Å². The number of fused-ring (bicyclic) bond motifs is 3. The molecule has 2 N–H and O–H groups in total. The van der Waals surface area contributed by atoms with Crippen molar-refractivity contribution in [3.63, 3.8) is 0 Å². The van der Waals surface area contributed by atoms with Crippen molar-refractivity contribution in [2.75, 3.05) is 13.6 Å². The molecule has 5 nitrogen and oxygen atoms in total. The number of rotatable bonds is 1. The van der Waals surface area contributed by atoms with E-state index in [9.17, 15) is 10.0 Å². The van der Waals surface area contributed by atoms with Gasteiger partial charge in [0.1, 0.15) is 0 Å². The van der Waals surface area contributed by atoms with Crippen LogP contribution in [0.2, 0.25) is 0 Å². The van der Waals surface area contributed by atoms with Crippen molar-refractivity contribution in [2.45, 2.75) is 13.0 Å². The van der Waals surface area contributed by atoms with Gasteiger partial charge < -0.3 is 15.0 Å². The zero-order valence-electron chi connectivity index (χ0n) is 10.2. The maximum atomic E-state index is 10.8. The SMILES string of the molecule is CN1CCc2c(Br)cc3c(N=O)c(O)[nH]c3c2C1.Cl. The van der Waals surface area contributed by atoms with Crippen molar-refractivity contribution in [2.24, 2.45) is 5.18 Å². The molecule has 2 aromatic rings. The van der Waals surface area contributed by atoms with Crippen molar-refractivity contribution in [1.82, 2.24) is 9.88 Å². The quantitative estimate of drug-likeness (QED) is 0.777. The van der Waals surface area contributed by atoms with E-state index in [1.807, 2.05) is 6.07 Å². The Balaban J connectivity index is 0.00000133. The largest absolute Gasteiger partial charge is 0.493 e. The minimum absolute atomic E-state index is 0. The van der Waals surface area contributed by atoms with Gasteiger partial charge in [-0.3, -0.25) is 0 Å². The highest BCUT2D eigenvalue weighted by atomic mass is 79.9. The number of hydrogen-bond acceptors (Lipinski definition) is 4. The third kappa shape index (κ3) is 2.13. The third-order valence-corrected chi connectivity index (χ3v) is 4.19. The van der Waals surface area contributed by atoms with Gasteiger partial charge in [0.15, 0.2) is 5.69 Å². The van der Waals surface area contributed by atoms with Crippen LogP contribution in [0.3, 0.4) is 0 Å². The molecule has 2 heterocycles. The van der Waals surface area contributed by atoms with E-state index in [4.69, 9.17) is 0 Å². The summed E-state index contributed by atoms with van der Waals surface area (Å²) in [6, 6.07) is 1.85. The molecule has 1 aliphatic rings. The molecular weight excluding hydrogens is 334 g/mol. The molecular formula is C12H13BrClN3O2. The second-order valence-corrected chi connectivity index (χ2v) is 5.49. The summed E-state index contributed by atoms with van der Waals surface area (Å²) < 4.78 is 0.974. The van der Waals surface area contributed by atoms with Crippen LogP contribution in [0.15, 0.2) is 15.7 Å². The molecule has 1 aliphatic heterocycles. The molecule has 0 saturated heterocycles. The number of nitrogens with zero attached hydrogens (tertiary/aromatic N) is 2. The number of nitrogens with one attached hydrogen (secondary N) is 1. The monoisotopic (exact) mass is 345 g/mol. The first-order valence-corrected chi connectivity index (χ1v) is 6.48. The van der Waals surface area contributed by atoms with Gasteiger partial charge in [-0.2, -0.15) is 0 Å². The van der Waals surface area contributed by atoms with Gasteiger partial charge >= 0.3 is 0 Å². The summed E-state index contributed by atoms with van der Waals surface area (Å²) in [5, 5.41) is 13.3. The lowest BCUT2D eigenvalue weighted by atomic mass is 9.97. The van der Waals surface area contributed by atoms with Gasteiger partial charge in [0.05, 0.1) is 5.52 Å². The lowest BCUT2D eigenvalue weighted by Crippen LogP contribution is -2.27. The van der Waals surface area contributed by atoms with Crippen LogP contribution in [0.5, 0.6) is 5.88 Å². The molecule has 0 radical (unpaired) electrons. The number of hydrogen-bond donors (Lipinski definition) is 2. The Morgan fingerprint density at radius 2 is 2.21 bits per heavy atom. The van der Waals surface area contributed by atoms with Crippen LogP contribution in [0.1, 0.15) is 11.1 Å². The molecule has 3 rings (SSSR count). The lowest BCUT2D eigenvalue weighted by molar-refractivity contribution is 0.314. The topological polar surface area (TPSA) is 68.7 Å². The van der Waals surface area contributed by atoms with E-state index in [2.05, 4.69) is 38.0 Å². The number of aromatic nitrogens is 1. The first-order chi connectivity index (χ1) is 8.61. The summed E-state index contributed by atoms with van der Waals surface area (Å²) >= 11 is 3.54. The first kappa shape index (κ1) is 14.3. The van der Waals surface area contributed by atoms with Gasteiger partial charge in [0.2, 0.25) is 5.88 Å². The van der Waals surface area contributed by atoms with Crippen LogP contribution in [0, 0.1) is 4.91 Å². The number of aromatic amines is 1. The predicted octanol–water partition coefficient (Wildman–Crippen LogP) is 3.44. The van der Waals surface area contributed by atoms with Gasteiger partial charge in [-0.15, -0.1) is 17.3 Å². The summed E-state index contributed by atoms with van der Waals surface area (Å²) in [6.45, 7) is 1.80. The van der Waals surface area contributed by atoms with Crippen molar-refractivity contribution < 1.29 is 5.11 Å². The summed E-state index contributed by atoms with van der Waals surface area (Å²) in [6.07, 6.45) is 0.950. The normalized spacial score (nSPS) is 15.1. The lowest BCUT2D eigenvalue weighted by Gasteiger charge is -2.26. The number of likely N-dealkylation sites (N-methyl/N-ethyl adjacent to an activating group) is 1. The van der Waals surface area contributed by atoms with Gasteiger partial charge in [-0.05, 0) is 35.8 Å². The smallest absolute Gasteiger partial charge is 0.219 e. The molecule has 19 heavy (non-hydrogen) atoms. The first-order valence-electron chi connectivity index (χ1n) is 5.68. The van der Waals surface area contributed by atoms with E-state index in [0.29, 0.717) is 5.39 Å². The molecule has 0 spiro atoms. The predicted molar refractivity (Wildman–Crippen MR) is 80.4 cm³/mol. The fourth-order valence-electron chi connectivity index (χ4n) is 2.57. The molecule has 0 unspecified atom stereocenters. The highest BCUT2D eigenvalue weighted by Gasteiger charge is 2.23. The number of aromatic hydroxyl groups is 1. The maximum Gasteiger partial charge on any atom is 0.219 e. The van der Waals surface area contributed by atoms with E-state index < -0.39 is 0 Å². The highest BCUT2D eigenvalue weighted by molar-refractivity contribution is 9.10. The second-order valence-electron chi connectivity index (χ2n) is 4.64. The Morgan fingerprint density at radius 3 is 2.89 bits per heavy atom. The number of halogens is 2. The zero-order chi connectivity index (χ0) is 12.9. The minimum atomic E-state index is -0.159. The number of H-pyrrole nitrogens is 1. The third-order valence-electron chi connectivity index (χ3n) is 3.48. The van der Waals surface area contributed by atoms with E-state index in [1.165, 1.54) is 5.56 Å². The maximum absolute atomic E-state index is 10.8. The van der Waals surface area contributed by atoms with Gasteiger partial charge in [-0.1, -0.05) is 15.9 Å². The standard InChI is InChI=1S/C12H12BrN3O2.ClH/c1-16-3-2-6-8(5-16)10-7(4-9(6)13)11(15-18)12(17)14-10;/h4,14,17H,2-3,5H2,1H3;1H. The molecule has 0 saturated carbocycles. The molecule has 7 heteroatoms. The van der Waals surface area contributed by atoms with Crippen LogP contribution in [-0.2, 0) is 13.0 Å². The van der Waals surface area contributed by atoms with Crippen LogP contribution in [0.4, 0.5) is 5.69 Å². The summed E-state index contributed by atoms with van der Waals surface area (Å²) in [7, 11) is 2.05. The van der Waals surface area contributed by atoms with Crippen molar-refractivity contribution in [3.8, 4) is 5.88 Å². The van der Waals surface area contributed by atoms with Crippen LogP contribution in [0.25, 0.3) is 10.9 Å². The molecule has 0 bridgehead atoms. The van der Waals surface area contributed by atoms with E-state index >= 15 is 0 Å². The minimum Gasteiger partial charge on any atom is -0.493 e. The second kappa shape index (κ2) is 5.11. The van der Waals surface area contributed by atoms with E-state index in [-0.39, 0.29) is 24.0 Å². The molecule has 0 atom stereocenters. The van der Waals surface area contributed by atoms with E-state index in [0.717, 1.165) is 35.1 Å². The zero-order valence-corrected chi connectivity index (χ0v) is 12.6. The molecule has 0 amide bonds. The molecule has 102 valence electrons. The molecule has 0 fully saturated rings. The fourth-order valence-corrected chi connectivity index (χ4v) is 3.23.